The quantitative estimate of drug-likeness (QED) is 0.333. The molecule has 0 rings (SSSR count). The average Bonchev–Trinajstić information content (AvgIpc) is 2.37. The molecule has 0 aromatic heterocycles. The molecule has 0 amide bonds. The maximum Gasteiger partial charge on any atom is 0.191 e. The van der Waals surface area contributed by atoms with Crippen molar-refractivity contribution < 1.29 is 8.42 Å². The van der Waals surface area contributed by atoms with Crippen molar-refractivity contribution in [2.75, 3.05) is 25.1 Å². The largest absolute Gasteiger partial charge is 0.357 e. The van der Waals surface area contributed by atoms with E-state index in [0.717, 1.165) is 31.9 Å². The molecular weight excluding hydrogens is 401 g/mol. The summed E-state index contributed by atoms with van der Waals surface area (Å²) in [5.74, 6) is 1.59. The molecule has 128 valence electrons. The first-order valence-corrected chi connectivity index (χ1v) is 9.60. The van der Waals surface area contributed by atoms with Gasteiger partial charge in [0.1, 0.15) is 9.84 Å². The highest BCUT2D eigenvalue weighted by molar-refractivity contribution is 14.0. The predicted molar refractivity (Wildman–Crippen MR) is 102 cm³/mol. The minimum atomic E-state index is -2.90. The van der Waals surface area contributed by atoms with E-state index in [2.05, 4.69) is 29.5 Å². The fourth-order valence-corrected chi connectivity index (χ4v) is 2.57. The summed E-state index contributed by atoms with van der Waals surface area (Å²) in [7, 11) is -2.90. The van der Waals surface area contributed by atoms with Crippen LogP contribution in [-0.4, -0.2) is 45.5 Å². The van der Waals surface area contributed by atoms with Gasteiger partial charge in [0.2, 0.25) is 0 Å². The second-order valence-electron chi connectivity index (χ2n) is 5.37. The van der Waals surface area contributed by atoms with Crippen molar-refractivity contribution in [3.63, 3.8) is 0 Å². The molecule has 0 radical (unpaired) electrons. The average molecular weight is 433 g/mol. The normalized spacial score (nSPS) is 13.7. The van der Waals surface area contributed by atoms with Gasteiger partial charge in [-0.05, 0) is 26.2 Å². The molecule has 0 bridgehead atoms. The lowest BCUT2D eigenvalue weighted by Gasteiger charge is -2.18. The summed E-state index contributed by atoms with van der Waals surface area (Å²) in [5, 5.41) is 6.47. The van der Waals surface area contributed by atoms with Crippen LogP contribution in [0.2, 0.25) is 0 Å². The van der Waals surface area contributed by atoms with Gasteiger partial charge in [-0.1, -0.05) is 26.7 Å². The Bertz CT molecular complexity index is 382. The highest BCUT2D eigenvalue weighted by Crippen LogP contribution is 2.07. The van der Waals surface area contributed by atoms with Crippen molar-refractivity contribution in [3.05, 3.63) is 0 Å². The van der Waals surface area contributed by atoms with Crippen LogP contribution in [0.1, 0.15) is 47.0 Å². The molecule has 1 unspecified atom stereocenters. The van der Waals surface area contributed by atoms with Gasteiger partial charge in [-0.25, -0.2) is 8.42 Å². The summed E-state index contributed by atoms with van der Waals surface area (Å²) < 4.78 is 22.3. The molecule has 2 N–H and O–H groups in total. The lowest BCUT2D eigenvalue weighted by Crippen LogP contribution is -2.43. The van der Waals surface area contributed by atoms with Gasteiger partial charge in [0.15, 0.2) is 5.96 Å². The smallest absolute Gasteiger partial charge is 0.191 e. The molecule has 0 spiro atoms. The fourth-order valence-electron chi connectivity index (χ4n) is 1.78. The minimum absolute atomic E-state index is 0. The van der Waals surface area contributed by atoms with Gasteiger partial charge in [-0.3, -0.25) is 4.99 Å². The molecule has 0 heterocycles. The van der Waals surface area contributed by atoms with Gasteiger partial charge < -0.3 is 10.6 Å². The van der Waals surface area contributed by atoms with E-state index < -0.39 is 9.84 Å². The van der Waals surface area contributed by atoms with Crippen molar-refractivity contribution >= 4 is 39.8 Å². The van der Waals surface area contributed by atoms with Crippen LogP contribution in [0.5, 0.6) is 0 Å². The van der Waals surface area contributed by atoms with Crippen molar-refractivity contribution in [2.45, 2.75) is 53.0 Å². The standard InChI is InChI=1S/C14H31N3O2S.HI/c1-6-13(7-2)11-16-14(15-8-3)17-12(4)9-10-20(5,18)19;/h12-13H,6-11H2,1-5H3,(H2,15,16,17);1H. The van der Waals surface area contributed by atoms with E-state index >= 15 is 0 Å². The van der Waals surface area contributed by atoms with Gasteiger partial charge in [0.25, 0.3) is 0 Å². The van der Waals surface area contributed by atoms with Crippen LogP contribution in [0.3, 0.4) is 0 Å². The highest BCUT2D eigenvalue weighted by Gasteiger charge is 2.10. The van der Waals surface area contributed by atoms with Crippen LogP contribution in [0.15, 0.2) is 4.99 Å². The molecular formula is C14H32IN3O2S. The summed E-state index contributed by atoms with van der Waals surface area (Å²) in [6.45, 7) is 9.97. The maximum atomic E-state index is 11.2. The number of hydrogen-bond donors (Lipinski definition) is 2. The fraction of sp³-hybridized carbons (Fsp3) is 0.929. The van der Waals surface area contributed by atoms with E-state index in [1.54, 1.807) is 0 Å². The Balaban J connectivity index is 0. The van der Waals surface area contributed by atoms with Crippen LogP contribution in [0.4, 0.5) is 0 Å². The number of nitrogens with one attached hydrogen (secondary N) is 2. The monoisotopic (exact) mass is 433 g/mol. The number of nitrogens with zero attached hydrogens (tertiary/aromatic N) is 1. The molecule has 7 heteroatoms. The Morgan fingerprint density at radius 2 is 1.76 bits per heavy atom. The van der Waals surface area contributed by atoms with E-state index in [1.807, 2.05) is 13.8 Å². The second-order valence-corrected chi connectivity index (χ2v) is 7.63. The van der Waals surface area contributed by atoms with Crippen LogP contribution in [0.25, 0.3) is 0 Å². The van der Waals surface area contributed by atoms with E-state index in [9.17, 15) is 8.42 Å². The number of hydrogen-bond acceptors (Lipinski definition) is 3. The third-order valence-corrected chi connectivity index (χ3v) is 4.29. The molecule has 0 saturated carbocycles. The molecule has 0 aromatic rings. The molecule has 0 saturated heterocycles. The predicted octanol–water partition coefficient (Wildman–Crippen LogP) is 2.42. The zero-order chi connectivity index (χ0) is 15.6. The molecule has 0 aliphatic carbocycles. The van der Waals surface area contributed by atoms with E-state index in [4.69, 9.17) is 0 Å². The molecule has 21 heavy (non-hydrogen) atoms. The van der Waals surface area contributed by atoms with Gasteiger partial charge in [-0.15, -0.1) is 24.0 Å². The first kappa shape index (κ1) is 23.2. The van der Waals surface area contributed by atoms with Gasteiger partial charge in [-0.2, -0.15) is 0 Å². The Morgan fingerprint density at radius 3 is 2.19 bits per heavy atom. The van der Waals surface area contributed by atoms with E-state index in [-0.39, 0.29) is 35.8 Å². The van der Waals surface area contributed by atoms with Crippen molar-refractivity contribution in [3.8, 4) is 0 Å². The summed E-state index contributed by atoms with van der Waals surface area (Å²) >= 11 is 0. The topological polar surface area (TPSA) is 70.6 Å². The zero-order valence-corrected chi connectivity index (χ0v) is 17.1. The van der Waals surface area contributed by atoms with Crippen LogP contribution < -0.4 is 10.6 Å². The number of aliphatic imine (C=N–C) groups is 1. The third kappa shape index (κ3) is 13.3. The number of halogens is 1. The van der Waals surface area contributed by atoms with Gasteiger partial charge in [0, 0.05) is 25.4 Å². The van der Waals surface area contributed by atoms with E-state index in [0.29, 0.717) is 12.3 Å². The van der Waals surface area contributed by atoms with Crippen LogP contribution in [-0.2, 0) is 9.84 Å². The molecule has 0 aromatic carbocycles. The van der Waals surface area contributed by atoms with Crippen molar-refractivity contribution in [1.29, 1.82) is 0 Å². The molecule has 0 fully saturated rings. The van der Waals surface area contributed by atoms with Gasteiger partial charge >= 0.3 is 0 Å². The van der Waals surface area contributed by atoms with Crippen LogP contribution >= 0.6 is 24.0 Å². The summed E-state index contributed by atoms with van der Waals surface area (Å²) in [4.78, 5) is 4.58. The minimum Gasteiger partial charge on any atom is -0.357 e. The number of guanidine groups is 1. The Labute approximate surface area is 147 Å². The van der Waals surface area contributed by atoms with Gasteiger partial charge in [0.05, 0.1) is 5.75 Å². The molecule has 1 atom stereocenters. The Hall–Kier alpha value is -0.0500. The summed E-state index contributed by atoms with van der Waals surface area (Å²) in [6, 6.07) is 0.0872. The SMILES string of the molecule is CCNC(=NCC(CC)CC)NC(C)CCS(C)(=O)=O.I. The Morgan fingerprint density at radius 1 is 1.19 bits per heavy atom. The molecule has 5 nitrogen and oxygen atoms in total. The molecule has 0 aliphatic heterocycles. The maximum absolute atomic E-state index is 11.2. The molecule has 0 aliphatic rings. The van der Waals surface area contributed by atoms with Crippen LogP contribution in [0, 0.1) is 5.92 Å². The number of rotatable bonds is 9. The third-order valence-electron chi connectivity index (χ3n) is 3.31. The Kier molecular flexibility index (Phi) is 13.8. The highest BCUT2D eigenvalue weighted by atomic mass is 127. The van der Waals surface area contributed by atoms with Crippen molar-refractivity contribution in [2.24, 2.45) is 10.9 Å². The second kappa shape index (κ2) is 12.5. The number of sulfone groups is 1. The summed E-state index contributed by atoms with van der Waals surface area (Å²) in [5.41, 5.74) is 0. The first-order chi connectivity index (χ1) is 9.32. The van der Waals surface area contributed by atoms with Crippen molar-refractivity contribution in [1.82, 2.24) is 10.6 Å². The lowest BCUT2D eigenvalue weighted by atomic mass is 10.0. The zero-order valence-electron chi connectivity index (χ0n) is 14.0. The van der Waals surface area contributed by atoms with E-state index in [1.165, 1.54) is 6.26 Å². The summed E-state index contributed by atoms with van der Waals surface area (Å²) in [6.07, 6.45) is 4.12. The first-order valence-electron chi connectivity index (χ1n) is 7.54. The lowest BCUT2D eigenvalue weighted by molar-refractivity contribution is 0.502.